The van der Waals surface area contributed by atoms with Crippen molar-refractivity contribution >= 4 is 5.97 Å². The van der Waals surface area contributed by atoms with E-state index < -0.39 is 0 Å². The Morgan fingerprint density at radius 2 is 1.92 bits per heavy atom. The Morgan fingerprint density at radius 3 is 2.38 bits per heavy atom. The summed E-state index contributed by atoms with van der Waals surface area (Å²) in [6, 6.07) is 13.9. The Kier molecular flexibility index (Phi) is 6.51. The number of unbranched alkanes of at least 4 members (excludes halogenated alkanes) is 2. The molecule has 0 amide bonds. The number of rotatable bonds is 6. The van der Waals surface area contributed by atoms with Crippen LogP contribution in [0.1, 0.15) is 37.3 Å². The van der Waals surface area contributed by atoms with Gasteiger partial charge in [0.15, 0.2) is 0 Å². The van der Waals surface area contributed by atoms with Gasteiger partial charge in [0.05, 0.1) is 24.7 Å². The van der Waals surface area contributed by atoms with Crippen molar-refractivity contribution in [1.29, 1.82) is 5.26 Å². The van der Waals surface area contributed by atoms with Gasteiger partial charge in [0.2, 0.25) is 0 Å². The molecule has 0 saturated carbocycles. The summed E-state index contributed by atoms with van der Waals surface area (Å²) in [6.07, 6.45) is 3.30. The molecule has 2 aliphatic carbocycles. The SMILES string of the molecule is CCCCCOC(=O)Cc1ccc(F)cc1.N#Cc1cc2ccc1=2. The van der Waals surface area contributed by atoms with Gasteiger partial charge in [-0.05, 0) is 40.6 Å². The van der Waals surface area contributed by atoms with Crippen LogP contribution in [-0.4, -0.2) is 12.6 Å². The molecule has 0 atom stereocenters. The summed E-state index contributed by atoms with van der Waals surface area (Å²) >= 11 is 0. The molecule has 0 saturated heterocycles. The van der Waals surface area contributed by atoms with Crippen molar-refractivity contribution in [2.24, 2.45) is 0 Å². The summed E-state index contributed by atoms with van der Waals surface area (Å²) in [4.78, 5) is 11.3. The Labute approximate surface area is 141 Å². The average Bonchev–Trinajstić information content (AvgIpc) is 2.57. The molecule has 0 bridgehead atoms. The minimum absolute atomic E-state index is 0.215. The second kappa shape index (κ2) is 8.83. The maximum atomic E-state index is 12.6. The van der Waals surface area contributed by atoms with Crippen molar-refractivity contribution < 1.29 is 13.9 Å². The van der Waals surface area contributed by atoms with Crippen molar-refractivity contribution in [1.82, 2.24) is 0 Å². The molecule has 0 fully saturated rings. The highest BCUT2D eigenvalue weighted by molar-refractivity contribution is 5.72. The number of halogens is 1. The summed E-state index contributed by atoms with van der Waals surface area (Å²) in [5, 5.41) is 10.7. The quantitative estimate of drug-likeness (QED) is 0.502. The lowest BCUT2D eigenvalue weighted by Crippen LogP contribution is -2.09. The predicted molar refractivity (Wildman–Crippen MR) is 89.4 cm³/mol. The van der Waals surface area contributed by atoms with Gasteiger partial charge < -0.3 is 4.74 Å². The third-order valence-corrected chi connectivity index (χ3v) is 3.72. The van der Waals surface area contributed by atoms with Crippen LogP contribution in [-0.2, 0) is 16.0 Å². The third-order valence-electron chi connectivity index (χ3n) is 3.72. The molecule has 2 aliphatic rings. The molecule has 124 valence electrons. The highest BCUT2D eigenvalue weighted by atomic mass is 19.1. The van der Waals surface area contributed by atoms with Crippen molar-refractivity contribution in [3.05, 3.63) is 69.8 Å². The Balaban J connectivity index is 0.000000214. The van der Waals surface area contributed by atoms with Crippen molar-refractivity contribution in [3.8, 4) is 6.07 Å². The van der Waals surface area contributed by atoms with E-state index in [1.54, 1.807) is 12.1 Å². The van der Waals surface area contributed by atoms with E-state index >= 15 is 0 Å². The molecular formula is C20H20FNO2. The number of nitrogens with zero attached hydrogens (tertiary/aromatic N) is 1. The van der Waals surface area contributed by atoms with Crippen LogP contribution in [0.5, 0.6) is 0 Å². The number of benzene rings is 2. The summed E-state index contributed by atoms with van der Waals surface area (Å²) in [7, 11) is 0. The minimum atomic E-state index is -0.292. The standard InChI is InChI=1S/C13H17FO2.C7H3N/c1-2-3-4-9-16-13(15)10-11-5-7-12(14)8-6-11;8-4-6-3-5-1-2-7(5)6/h5-8H,2-4,9-10H2,1H3;1-3H. The van der Waals surface area contributed by atoms with Gasteiger partial charge in [-0.2, -0.15) is 5.26 Å². The first-order chi connectivity index (χ1) is 11.6. The molecule has 4 heteroatoms. The van der Waals surface area contributed by atoms with Crippen LogP contribution in [0, 0.1) is 27.6 Å². The topological polar surface area (TPSA) is 50.1 Å². The van der Waals surface area contributed by atoms with E-state index in [1.165, 1.54) is 17.4 Å². The van der Waals surface area contributed by atoms with E-state index in [4.69, 9.17) is 10.00 Å². The molecular weight excluding hydrogens is 305 g/mol. The number of carbonyl (C=O) groups excluding carboxylic acids is 1. The third kappa shape index (κ3) is 4.92. The summed E-state index contributed by atoms with van der Waals surface area (Å²) < 4.78 is 17.6. The van der Waals surface area contributed by atoms with Gasteiger partial charge in [-0.3, -0.25) is 4.79 Å². The van der Waals surface area contributed by atoms with E-state index in [2.05, 4.69) is 13.0 Å². The Hall–Kier alpha value is -2.67. The fourth-order valence-electron chi connectivity index (χ4n) is 2.24. The second-order valence-electron chi connectivity index (χ2n) is 5.60. The lowest BCUT2D eigenvalue weighted by atomic mass is 10.0. The van der Waals surface area contributed by atoms with E-state index in [-0.39, 0.29) is 18.2 Å². The number of hydrogen-bond donors (Lipinski definition) is 0. The minimum Gasteiger partial charge on any atom is -0.465 e. The highest BCUT2D eigenvalue weighted by Crippen LogP contribution is 2.13. The zero-order valence-corrected chi connectivity index (χ0v) is 13.7. The molecule has 1 aromatic rings. The predicted octanol–water partition coefficient (Wildman–Crippen LogP) is 4.26. The van der Waals surface area contributed by atoms with Crippen LogP contribution in [0.4, 0.5) is 4.39 Å². The molecule has 3 rings (SSSR count). The molecule has 0 unspecified atom stereocenters. The molecule has 0 spiro atoms. The number of carbonyl (C=O) groups is 1. The van der Waals surface area contributed by atoms with Gasteiger partial charge in [0.25, 0.3) is 0 Å². The molecule has 0 aromatic heterocycles. The molecule has 0 heterocycles. The lowest BCUT2D eigenvalue weighted by Gasteiger charge is -2.04. The van der Waals surface area contributed by atoms with Gasteiger partial charge in [-0.25, -0.2) is 4.39 Å². The molecule has 24 heavy (non-hydrogen) atoms. The normalized spacial score (nSPS) is 10.2. The maximum Gasteiger partial charge on any atom is 0.310 e. The van der Waals surface area contributed by atoms with E-state index in [1.807, 2.05) is 18.2 Å². The number of nitriles is 1. The molecule has 1 aromatic carbocycles. The van der Waals surface area contributed by atoms with Crippen LogP contribution < -0.4 is 0 Å². The number of hydrogen-bond acceptors (Lipinski definition) is 3. The molecule has 0 aliphatic heterocycles. The van der Waals surface area contributed by atoms with Gasteiger partial charge in [-0.15, -0.1) is 0 Å². The maximum absolute atomic E-state index is 12.6. The van der Waals surface area contributed by atoms with Crippen LogP contribution >= 0.6 is 0 Å². The monoisotopic (exact) mass is 325 g/mol. The fraction of sp³-hybridized carbons (Fsp3) is 0.300. The second-order valence-corrected chi connectivity index (χ2v) is 5.60. The lowest BCUT2D eigenvalue weighted by molar-refractivity contribution is -0.142. The molecule has 3 nitrogen and oxygen atoms in total. The first-order valence-electron chi connectivity index (χ1n) is 8.08. The molecule has 0 radical (unpaired) electrons. The van der Waals surface area contributed by atoms with Crippen molar-refractivity contribution in [2.75, 3.05) is 6.61 Å². The van der Waals surface area contributed by atoms with Gasteiger partial charge in [0, 0.05) is 0 Å². The van der Waals surface area contributed by atoms with Crippen LogP contribution in [0.15, 0.2) is 42.5 Å². The largest absolute Gasteiger partial charge is 0.465 e. The van der Waals surface area contributed by atoms with Gasteiger partial charge in [-0.1, -0.05) is 44.0 Å². The fourth-order valence-corrected chi connectivity index (χ4v) is 2.24. The smallest absolute Gasteiger partial charge is 0.310 e. The average molecular weight is 325 g/mol. The highest BCUT2D eigenvalue weighted by Gasteiger charge is 2.04. The van der Waals surface area contributed by atoms with Gasteiger partial charge >= 0.3 is 5.97 Å². The Morgan fingerprint density at radius 1 is 1.17 bits per heavy atom. The Bertz CT molecular complexity index is 822. The summed E-state index contributed by atoms with van der Waals surface area (Å²) in [6.45, 7) is 2.58. The molecule has 0 N–H and O–H groups in total. The van der Waals surface area contributed by atoms with E-state index in [0.29, 0.717) is 6.61 Å². The van der Waals surface area contributed by atoms with Gasteiger partial charge in [0.1, 0.15) is 5.82 Å². The summed E-state index contributed by atoms with van der Waals surface area (Å²) in [5.74, 6) is -0.539. The van der Waals surface area contributed by atoms with Crippen molar-refractivity contribution in [2.45, 2.75) is 32.6 Å². The summed E-state index contributed by atoms with van der Waals surface area (Å²) in [5.41, 5.74) is 1.62. The van der Waals surface area contributed by atoms with E-state index in [0.717, 1.165) is 35.6 Å². The zero-order valence-electron chi connectivity index (χ0n) is 13.7. The van der Waals surface area contributed by atoms with Crippen LogP contribution in [0.25, 0.3) is 0 Å². The first-order valence-corrected chi connectivity index (χ1v) is 8.08. The van der Waals surface area contributed by atoms with Crippen LogP contribution in [0.3, 0.4) is 0 Å². The first kappa shape index (κ1) is 17.7. The zero-order chi connectivity index (χ0) is 17.4. The number of ether oxygens (including phenoxy) is 1. The van der Waals surface area contributed by atoms with Crippen molar-refractivity contribution in [3.63, 3.8) is 0 Å². The van der Waals surface area contributed by atoms with E-state index in [9.17, 15) is 9.18 Å². The van der Waals surface area contributed by atoms with Crippen LogP contribution in [0.2, 0.25) is 0 Å². The number of esters is 1.